The van der Waals surface area contributed by atoms with Crippen LogP contribution in [0.3, 0.4) is 0 Å². The molecule has 0 unspecified atom stereocenters. The van der Waals surface area contributed by atoms with Crippen molar-refractivity contribution in [2.24, 2.45) is 10.7 Å². The zero-order chi connectivity index (χ0) is 21.2. The van der Waals surface area contributed by atoms with E-state index in [0.717, 1.165) is 12.1 Å². The number of aliphatic imine (C=N–C) groups is 1. The number of benzene rings is 1. The van der Waals surface area contributed by atoms with E-state index in [4.69, 9.17) is 15.7 Å². The van der Waals surface area contributed by atoms with Crippen LogP contribution in [0.5, 0.6) is 0 Å². The summed E-state index contributed by atoms with van der Waals surface area (Å²) < 4.78 is 47.6. The van der Waals surface area contributed by atoms with Gasteiger partial charge in [0.05, 0.1) is 12.2 Å². The molecule has 3 N–H and O–H groups in total. The number of nitrogens with one attached hydrogen (secondary N) is 1. The van der Waals surface area contributed by atoms with Crippen LogP contribution in [0.2, 0.25) is 0 Å². The van der Waals surface area contributed by atoms with Gasteiger partial charge in [0.25, 0.3) is 12.3 Å². The number of halogens is 4. The zero-order valence-electron chi connectivity index (χ0n) is 15.6. The Morgan fingerprint density at radius 1 is 1.40 bits per heavy atom. The van der Waals surface area contributed by atoms with Crippen molar-refractivity contribution >= 4 is 29.8 Å². The average molecular weight is 440 g/mol. The second-order valence-electron chi connectivity index (χ2n) is 6.41. The molecule has 0 bridgehead atoms. The van der Waals surface area contributed by atoms with Gasteiger partial charge < -0.3 is 15.8 Å². The molecular formula is C19H17ClF3N5O2. The van der Waals surface area contributed by atoms with Gasteiger partial charge in [-0.3, -0.25) is 9.79 Å². The highest BCUT2D eigenvalue weighted by atomic mass is 35.5. The number of nitrogens with zero attached hydrogens (tertiary/aromatic N) is 3. The molecule has 0 aliphatic carbocycles. The van der Waals surface area contributed by atoms with E-state index in [1.54, 1.807) is 6.92 Å². The second-order valence-corrected chi connectivity index (χ2v) is 6.41. The number of carbonyl (C=O) groups is 1. The number of pyridine rings is 1. The first-order valence-electron chi connectivity index (χ1n) is 8.49. The summed E-state index contributed by atoms with van der Waals surface area (Å²) in [6.07, 6.45) is -2.56. The van der Waals surface area contributed by atoms with Gasteiger partial charge in [-0.15, -0.1) is 12.4 Å². The average Bonchev–Trinajstić information content (AvgIpc) is 2.71. The molecule has 1 aromatic carbocycles. The Balaban J connectivity index is 0.00000320. The molecule has 1 aromatic heterocycles. The van der Waals surface area contributed by atoms with Crippen molar-refractivity contribution in [2.75, 3.05) is 11.9 Å². The lowest BCUT2D eigenvalue weighted by Crippen LogP contribution is -2.48. The maximum atomic E-state index is 14.5. The fourth-order valence-electron chi connectivity index (χ4n) is 2.78. The summed E-state index contributed by atoms with van der Waals surface area (Å²) in [5, 5.41) is 11.2. The number of amides is 1. The van der Waals surface area contributed by atoms with Crippen molar-refractivity contribution in [3.63, 3.8) is 0 Å². The summed E-state index contributed by atoms with van der Waals surface area (Å²) >= 11 is 0. The molecule has 11 heteroatoms. The maximum absolute atomic E-state index is 14.5. The van der Waals surface area contributed by atoms with Crippen LogP contribution in [0, 0.1) is 17.1 Å². The molecule has 0 saturated carbocycles. The summed E-state index contributed by atoms with van der Waals surface area (Å²) in [5.74, 6) is -1.77. The van der Waals surface area contributed by atoms with Crippen LogP contribution in [0.1, 0.15) is 28.5 Å². The van der Waals surface area contributed by atoms with Crippen molar-refractivity contribution in [3.8, 4) is 6.07 Å². The number of amidine groups is 1. The number of nitriles is 1. The summed E-state index contributed by atoms with van der Waals surface area (Å²) in [7, 11) is 0. The van der Waals surface area contributed by atoms with E-state index >= 15 is 0 Å². The van der Waals surface area contributed by atoms with E-state index in [0.29, 0.717) is 0 Å². The molecule has 0 spiro atoms. The Labute approximate surface area is 176 Å². The summed E-state index contributed by atoms with van der Waals surface area (Å²) in [4.78, 5) is 20.0. The lowest BCUT2D eigenvalue weighted by molar-refractivity contribution is -0.0340. The SMILES string of the molecule is C[C@@H]1OC[C@](c2cc(NC(=O)c3ccc(C#N)cn3)ccc2F)(C(F)F)N=C1N.Cl. The molecule has 3 rings (SSSR count). The number of aromatic nitrogens is 1. The standard InChI is InChI=1S/C19H16F3N5O2.ClH/c1-10-16(24)27-19(9-29-10,18(21)22)13-6-12(3-4-14(13)20)26-17(28)15-5-2-11(7-23)8-25-15;/h2-6,8,10,18H,9H2,1H3,(H2,24,27)(H,26,28);1H/t10-,19-;/m0./s1. The van der Waals surface area contributed by atoms with Crippen LogP contribution >= 0.6 is 12.4 Å². The van der Waals surface area contributed by atoms with Gasteiger partial charge in [-0.05, 0) is 37.3 Å². The predicted octanol–water partition coefficient (Wildman–Crippen LogP) is 3.00. The molecule has 1 amide bonds. The minimum Gasteiger partial charge on any atom is -0.385 e. The van der Waals surface area contributed by atoms with E-state index in [9.17, 15) is 18.0 Å². The largest absolute Gasteiger partial charge is 0.385 e. The molecule has 2 heterocycles. The van der Waals surface area contributed by atoms with E-state index in [1.165, 1.54) is 24.4 Å². The molecule has 7 nitrogen and oxygen atoms in total. The molecule has 158 valence electrons. The number of ether oxygens (including phenoxy) is 1. The van der Waals surface area contributed by atoms with Gasteiger partial charge in [-0.2, -0.15) is 5.26 Å². The Morgan fingerprint density at radius 2 is 2.13 bits per heavy atom. The summed E-state index contributed by atoms with van der Waals surface area (Å²) in [5.41, 5.74) is 3.22. The van der Waals surface area contributed by atoms with Gasteiger partial charge in [0, 0.05) is 17.4 Å². The molecule has 1 aliphatic heterocycles. The Bertz CT molecular complexity index is 1010. The lowest BCUT2D eigenvalue weighted by atomic mass is 9.89. The fraction of sp³-hybridized carbons (Fsp3) is 0.263. The van der Waals surface area contributed by atoms with Gasteiger partial charge in [-0.25, -0.2) is 18.2 Å². The van der Waals surface area contributed by atoms with Crippen LogP contribution in [-0.4, -0.2) is 35.9 Å². The number of hydrogen-bond donors (Lipinski definition) is 2. The van der Waals surface area contributed by atoms with E-state index < -0.39 is 42.0 Å². The predicted molar refractivity (Wildman–Crippen MR) is 105 cm³/mol. The summed E-state index contributed by atoms with van der Waals surface area (Å²) in [6.45, 7) is 0.976. The lowest BCUT2D eigenvalue weighted by Gasteiger charge is -2.35. The van der Waals surface area contributed by atoms with Gasteiger partial charge >= 0.3 is 0 Å². The third kappa shape index (κ3) is 4.37. The number of nitrogens with two attached hydrogens (primary N) is 1. The van der Waals surface area contributed by atoms with E-state index in [2.05, 4.69) is 15.3 Å². The van der Waals surface area contributed by atoms with Crippen molar-refractivity contribution in [3.05, 3.63) is 59.2 Å². The fourth-order valence-corrected chi connectivity index (χ4v) is 2.78. The van der Waals surface area contributed by atoms with Crippen LogP contribution < -0.4 is 11.1 Å². The minimum atomic E-state index is -3.10. The van der Waals surface area contributed by atoms with Gasteiger partial charge in [0.1, 0.15) is 29.5 Å². The van der Waals surface area contributed by atoms with Gasteiger partial charge in [-0.1, -0.05) is 0 Å². The highest BCUT2D eigenvalue weighted by molar-refractivity contribution is 6.02. The van der Waals surface area contributed by atoms with Crippen LogP contribution in [-0.2, 0) is 10.3 Å². The topological polar surface area (TPSA) is 113 Å². The number of carbonyl (C=O) groups excluding carboxylic acids is 1. The third-order valence-corrected chi connectivity index (χ3v) is 4.48. The quantitative estimate of drug-likeness (QED) is 0.760. The smallest absolute Gasteiger partial charge is 0.274 e. The van der Waals surface area contributed by atoms with E-state index in [-0.39, 0.29) is 35.2 Å². The van der Waals surface area contributed by atoms with E-state index in [1.807, 2.05) is 6.07 Å². The van der Waals surface area contributed by atoms with Crippen LogP contribution in [0.15, 0.2) is 41.5 Å². The van der Waals surface area contributed by atoms with Crippen LogP contribution in [0.4, 0.5) is 18.9 Å². The van der Waals surface area contributed by atoms with Gasteiger partial charge in [0.15, 0.2) is 5.54 Å². The molecule has 0 saturated heterocycles. The maximum Gasteiger partial charge on any atom is 0.274 e. The Hall–Kier alpha value is -3.16. The van der Waals surface area contributed by atoms with Gasteiger partial charge in [0.2, 0.25) is 0 Å². The highest BCUT2D eigenvalue weighted by Gasteiger charge is 2.47. The normalized spacial score (nSPS) is 20.7. The number of alkyl halides is 2. The first kappa shape index (κ1) is 23.1. The molecule has 0 fully saturated rings. The molecule has 30 heavy (non-hydrogen) atoms. The number of rotatable bonds is 4. The number of anilines is 1. The van der Waals surface area contributed by atoms with Crippen LogP contribution in [0.25, 0.3) is 0 Å². The first-order valence-corrected chi connectivity index (χ1v) is 8.49. The monoisotopic (exact) mass is 439 g/mol. The minimum absolute atomic E-state index is 0. The van der Waals surface area contributed by atoms with Crippen molar-refractivity contribution in [1.82, 2.24) is 4.98 Å². The molecule has 1 aliphatic rings. The zero-order valence-corrected chi connectivity index (χ0v) is 16.4. The first-order chi connectivity index (χ1) is 13.8. The second kappa shape index (κ2) is 9.11. The summed E-state index contributed by atoms with van der Waals surface area (Å²) in [6, 6.07) is 7.85. The Morgan fingerprint density at radius 3 is 2.70 bits per heavy atom. The number of hydrogen-bond acceptors (Lipinski definition) is 6. The van der Waals surface area contributed by atoms with Crippen molar-refractivity contribution in [1.29, 1.82) is 5.26 Å². The highest BCUT2D eigenvalue weighted by Crippen LogP contribution is 2.38. The third-order valence-electron chi connectivity index (χ3n) is 4.48. The van der Waals surface area contributed by atoms with Crippen molar-refractivity contribution in [2.45, 2.75) is 25.0 Å². The molecular weight excluding hydrogens is 423 g/mol. The molecule has 2 atom stereocenters. The molecule has 2 aromatic rings. The van der Waals surface area contributed by atoms with Crippen molar-refractivity contribution < 1.29 is 22.7 Å². The Kier molecular flexibility index (Phi) is 7.02. The molecule has 0 radical (unpaired) electrons.